The van der Waals surface area contributed by atoms with Crippen molar-refractivity contribution in [1.82, 2.24) is 4.90 Å². The molecule has 0 saturated carbocycles. The summed E-state index contributed by atoms with van der Waals surface area (Å²) < 4.78 is 9.59. The van der Waals surface area contributed by atoms with Crippen LogP contribution >= 0.6 is 0 Å². The van der Waals surface area contributed by atoms with Gasteiger partial charge in [-0.2, -0.15) is 0 Å². The van der Waals surface area contributed by atoms with Gasteiger partial charge < -0.3 is 20.1 Å². The maximum atomic E-state index is 11.8. The quantitative estimate of drug-likeness (QED) is 0.434. The molecule has 0 heterocycles. The first-order valence-electron chi connectivity index (χ1n) is 6.11. The molecule has 0 saturated heterocycles. The van der Waals surface area contributed by atoms with E-state index in [0.717, 1.165) is 12.2 Å². The maximum absolute atomic E-state index is 11.8. The molecule has 7 nitrogen and oxygen atoms in total. The van der Waals surface area contributed by atoms with Crippen LogP contribution in [0.5, 0.6) is 0 Å². The van der Waals surface area contributed by atoms with Gasteiger partial charge in [0.15, 0.2) is 0 Å². The number of esters is 2. The van der Waals surface area contributed by atoms with Gasteiger partial charge in [0, 0.05) is 25.1 Å². The Morgan fingerprint density at radius 2 is 1.45 bits per heavy atom. The number of amides is 1. The van der Waals surface area contributed by atoms with Crippen molar-refractivity contribution < 1.29 is 23.9 Å². The molecule has 0 atom stereocenters. The zero-order valence-corrected chi connectivity index (χ0v) is 11.4. The van der Waals surface area contributed by atoms with Crippen LogP contribution in [-0.4, -0.2) is 55.6 Å². The van der Waals surface area contributed by atoms with E-state index in [4.69, 9.17) is 15.2 Å². The first-order valence-corrected chi connectivity index (χ1v) is 6.11. The van der Waals surface area contributed by atoms with Crippen LogP contribution in [0.1, 0.15) is 6.42 Å². The number of carbonyl (C=O) groups is 3. The Labute approximate surface area is 118 Å². The average molecular weight is 284 g/mol. The second-order valence-corrected chi connectivity index (χ2v) is 3.66. The molecule has 0 aromatic rings. The van der Waals surface area contributed by atoms with Gasteiger partial charge in [-0.3, -0.25) is 4.79 Å². The summed E-state index contributed by atoms with van der Waals surface area (Å²) in [6, 6.07) is 0. The van der Waals surface area contributed by atoms with E-state index in [9.17, 15) is 14.4 Å². The van der Waals surface area contributed by atoms with E-state index in [1.54, 1.807) is 0 Å². The number of carbonyl (C=O) groups excluding carboxylic acids is 3. The third-order valence-corrected chi connectivity index (χ3v) is 2.26. The molecule has 0 aliphatic carbocycles. The van der Waals surface area contributed by atoms with E-state index < -0.39 is 11.9 Å². The normalized spacial score (nSPS) is 9.45. The second-order valence-electron chi connectivity index (χ2n) is 3.66. The molecule has 0 spiro atoms. The third kappa shape index (κ3) is 8.04. The van der Waals surface area contributed by atoms with E-state index in [-0.39, 0.29) is 45.2 Å². The SMILES string of the molecule is C=CC(=O)OCCN(CCOC(=O)C=C)C(=O)CCN. The summed E-state index contributed by atoms with van der Waals surface area (Å²) in [7, 11) is 0. The predicted octanol–water partition coefficient (Wildman–Crippen LogP) is -0.378. The lowest BCUT2D eigenvalue weighted by Crippen LogP contribution is -2.38. The van der Waals surface area contributed by atoms with Crippen LogP contribution < -0.4 is 5.73 Å². The molecular weight excluding hydrogens is 264 g/mol. The highest BCUT2D eigenvalue weighted by Gasteiger charge is 2.13. The highest BCUT2D eigenvalue weighted by molar-refractivity contribution is 5.81. The van der Waals surface area contributed by atoms with Crippen LogP contribution in [0.15, 0.2) is 25.3 Å². The van der Waals surface area contributed by atoms with Crippen molar-refractivity contribution >= 4 is 17.8 Å². The molecule has 1 amide bonds. The zero-order chi connectivity index (χ0) is 15.4. The number of nitrogens with two attached hydrogens (primary N) is 1. The van der Waals surface area contributed by atoms with Crippen LogP contribution in [0.25, 0.3) is 0 Å². The van der Waals surface area contributed by atoms with Crippen LogP contribution in [0.4, 0.5) is 0 Å². The lowest BCUT2D eigenvalue weighted by Gasteiger charge is -2.22. The Hall–Kier alpha value is -2.15. The lowest BCUT2D eigenvalue weighted by molar-refractivity contribution is -0.143. The highest BCUT2D eigenvalue weighted by atomic mass is 16.5. The van der Waals surface area contributed by atoms with Crippen LogP contribution in [0.2, 0.25) is 0 Å². The van der Waals surface area contributed by atoms with E-state index in [1.165, 1.54) is 4.90 Å². The number of ether oxygens (including phenoxy) is 2. The summed E-state index contributed by atoms with van der Waals surface area (Å²) >= 11 is 0. The van der Waals surface area contributed by atoms with Gasteiger partial charge in [0.05, 0.1) is 13.1 Å². The van der Waals surface area contributed by atoms with Crippen molar-refractivity contribution in [3.05, 3.63) is 25.3 Å². The minimum absolute atomic E-state index is 0.0383. The molecule has 0 aromatic heterocycles. The van der Waals surface area contributed by atoms with E-state index in [2.05, 4.69) is 13.2 Å². The molecule has 7 heteroatoms. The van der Waals surface area contributed by atoms with Gasteiger partial charge in [-0.25, -0.2) is 9.59 Å². The minimum Gasteiger partial charge on any atom is -0.461 e. The van der Waals surface area contributed by atoms with Gasteiger partial charge in [-0.05, 0) is 0 Å². The summed E-state index contributed by atoms with van der Waals surface area (Å²) in [5.74, 6) is -1.32. The van der Waals surface area contributed by atoms with Gasteiger partial charge in [0.2, 0.25) is 5.91 Å². The molecule has 0 fully saturated rings. The molecule has 112 valence electrons. The van der Waals surface area contributed by atoms with Crippen molar-refractivity contribution in [1.29, 1.82) is 0 Å². The van der Waals surface area contributed by atoms with Crippen molar-refractivity contribution in [3.63, 3.8) is 0 Å². The van der Waals surface area contributed by atoms with Crippen molar-refractivity contribution in [2.75, 3.05) is 32.8 Å². The topological polar surface area (TPSA) is 98.9 Å². The summed E-state index contributed by atoms with van der Waals surface area (Å²) in [5.41, 5.74) is 5.32. The Bertz CT molecular complexity index is 342. The fourth-order valence-electron chi connectivity index (χ4n) is 1.27. The number of nitrogens with zero attached hydrogens (tertiary/aromatic N) is 1. The van der Waals surface area contributed by atoms with Crippen molar-refractivity contribution in [3.8, 4) is 0 Å². The first-order chi connectivity index (χ1) is 9.54. The van der Waals surface area contributed by atoms with E-state index in [0.29, 0.717) is 0 Å². The van der Waals surface area contributed by atoms with Crippen LogP contribution in [0.3, 0.4) is 0 Å². The monoisotopic (exact) mass is 284 g/mol. The zero-order valence-electron chi connectivity index (χ0n) is 11.4. The minimum atomic E-state index is -0.561. The molecule has 20 heavy (non-hydrogen) atoms. The standard InChI is InChI=1S/C13H20N2O5/c1-3-12(17)19-9-7-15(11(16)5-6-14)8-10-20-13(18)4-2/h3-4H,1-2,5-10,14H2. The molecule has 0 unspecified atom stereocenters. The summed E-state index contributed by atoms with van der Waals surface area (Å²) in [6.07, 6.45) is 2.25. The summed E-state index contributed by atoms with van der Waals surface area (Å²) in [6.45, 7) is 7.22. The van der Waals surface area contributed by atoms with Crippen molar-refractivity contribution in [2.45, 2.75) is 6.42 Å². The Kier molecular flexibility index (Phi) is 9.59. The molecular formula is C13H20N2O5. The number of hydrogen-bond donors (Lipinski definition) is 1. The first kappa shape index (κ1) is 17.8. The van der Waals surface area contributed by atoms with E-state index >= 15 is 0 Å². The molecule has 0 radical (unpaired) electrons. The predicted molar refractivity (Wildman–Crippen MR) is 72.6 cm³/mol. The molecule has 2 N–H and O–H groups in total. The number of rotatable bonds is 10. The van der Waals surface area contributed by atoms with E-state index in [1.807, 2.05) is 0 Å². The molecule has 0 aromatic carbocycles. The van der Waals surface area contributed by atoms with Gasteiger partial charge in [0.1, 0.15) is 13.2 Å². The van der Waals surface area contributed by atoms with Gasteiger partial charge in [0.25, 0.3) is 0 Å². The molecule has 0 rings (SSSR count). The maximum Gasteiger partial charge on any atom is 0.330 e. The smallest absolute Gasteiger partial charge is 0.330 e. The lowest BCUT2D eigenvalue weighted by atomic mass is 10.3. The van der Waals surface area contributed by atoms with Crippen LogP contribution in [-0.2, 0) is 23.9 Å². The Morgan fingerprint density at radius 3 is 1.80 bits per heavy atom. The van der Waals surface area contributed by atoms with Gasteiger partial charge in [-0.15, -0.1) is 0 Å². The van der Waals surface area contributed by atoms with Crippen molar-refractivity contribution in [2.24, 2.45) is 5.73 Å². The largest absolute Gasteiger partial charge is 0.461 e. The summed E-state index contributed by atoms with van der Waals surface area (Å²) in [5, 5.41) is 0. The fraction of sp³-hybridized carbons (Fsp3) is 0.462. The highest BCUT2D eigenvalue weighted by Crippen LogP contribution is 1.96. The van der Waals surface area contributed by atoms with Gasteiger partial charge >= 0.3 is 11.9 Å². The summed E-state index contributed by atoms with van der Waals surface area (Å²) in [4.78, 5) is 34.9. The Morgan fingerprint density at radius 1 is 1.00 bits per heavy atom. The molecule has 0 aliphatic rings. The molecule has 0 bridgehead atoms. The van der Waals surface area contributed by atoms with Crippen LogP contribution in [0, 0.1) is 0 Å². The number of hydrogen-bond acceptors (Lipinski definition) is 6. The molecule has 0 aliphatic heterocycles. The fourth-order valence-corrected chi connectivity index (χ4v) is 1.27. The third-order valence-electron chi connectivity index (χ3n) is 2.26. The average Bonchev–Trinajstić information content (AvgIpc) is 2.45. The van der Waals surface area contributed by atoms with Gasteiger partial charge in [-0.1, -0.05) is 13.2 Å². The second kappa shape index (κ2) is 10.7. The Balaban J connectivity index is 4.22.